The van der Waals surface area contributed by atoms with Gasteiger partial charge in [-0.25, -0.2) is 18.5 Å². The average Bonchev–Trinajstić information content (AvgIpc) is 2.82. The smallest absolute Gasteiger partial charge is 0.351 e. The lowest BCUT2D eigenvalue weighted by molar-refractivity contribution is -0.0267. The fourth-order valence-corrected chi connectivity index (χ4v) is 5.24. The molecule has 0 spiro atoms. The number of phosphoric ester groups is 1. The van der Waals surface area contributed by atoms with Crippen LogP contribution in [0.15, 0.2) is 21.9 Å². The number of hydrogen-bond donors (Lipinski definition) is 6. The van der Waals surface area contributed by atoms with Crippen LogP contribution >= 0.6 is 23.5 Å². The van der Waals surface area contributed by atoms with E-state index in [4.69, 9.17) is 25.2 Å². The van der Waals surface area contributed by atoms with Crippen LogP contribution in [-0.4, -0.2) is 47.9 Å². The summed E-state index contributed by atoms with van der Waals surface area (Å²) in [6.07, 6.45) is -0.804. The molecule has 16 nitrogen and oxygen atoms in total. The molecule has 1 aromatic rings. The van der Waals surface area contributed by atoms with Crippen molar-refractivity contribution in [3.8, 4) is 0 Å². The summed E-state index contributed by atoms with van der Waals surface area (Å²) in [4.78, 5) is 60.2. The monoisotopic (exact) mass is 467 g/mol. The summed E-state index contributed by atoms with van der Waals surface area (Å²) in [5.41, 5.74) is 4.38. The quantitative estimate of drug-likeness (QED) is 0.238. The molecule has 1 aromatic heterocycles. The number of nitrogens with zero attached hydrogens (tertiary/aromatic N) is 1. The number of ether oxygens (including phenoxy) is 1. The molecule has 0 bridgehead atoms. The first-order chi connectivity index (χ1) is 12.7. The van der Waals surface area contributed by atoms with Gasteiger partial charge in [-0.2, -0.15) is 8.62 Å². The van der Waals surface area contributed by atoms with Gasteiger partial charge in [0.2, 0.25) is 0 Å². The first kappa shape index (κ1) is 23.3. The maximum absolute atomic E-state index is 11.7. The highest BCUT2D eigenvalue weighted by Gasteiger charge is 2.42. The van der Waals surface area contributed by atoms with Crippen LogP contribution < -0.4 is 17.0 Å². The SMILES string of the molecule is N[C@@H]1CC(n2ccc(=O)[nH]c2=O)OC1COP(=O)(O)OP(=O)(O)OP(=O)(O)O. The van der Waals surface area contributed by atoms with Crippen molar-refractivity contribution in [3.05, 3.63) is 33.1 Å². The van der Waals surface area contributed by atoms with E-state index in [1.807, 2.05) is 4.98 Å². The van der Waals surface area contributed by atoms with Crippen molar-refractivity contribution in [3.63, 3.8) is 0 Å². The molecule has 1 fully saturated rings. The average molecular weight is 467 g/mol. The number of aromatic amines is 1. The van der Waals surface area contributed by atoms with Crippen LogP contribution in [-0.2, 0) is 31.6 Å². The highest BCUT2D eigenvalue weighted by Crippen LogP contribution is 2.66. The van der Waals surface area contributed by atoms with Gasteiger partial charge in [0.05, 0.1) is 12.7 Å². The van der Waals surface area contributed by atoms with Crippen molar-refractivity contribution in [1.29, 1.82) is 0 Å². The van der Waals surface area contributed by atoms with Crippen LogP contribution in [0.4, 0.5) is 0 Å². The molecule has 5 atom stereocenters. The van der Waals surface area contributed by atoms with Gasteiger partial charge in [0.15, 0.2) is 0 Å². The third-order valence-electron chi connectivity index (χ3n) is 3.26. The molecule has 160 valence electrons. The van der Waals surface area contributed by atoms with Crippen LogP contribution in [0.5, 0.6) is 0 Å². The molecule has 1 aliphatic heterocycles. The van der Waals surface area contributed by atoms with Crippen LogP contribution in [0.25, 0.3) is 0 Å². The number of phosphoric acid groups is 3. The third-order valence-corrected chi connectivity index (χ3v) is 7.07. The molecule has 2 heterocycles. The molecular weight excluding hydrogens is 451 g/mol. The lowest BCUT2D eigenvalue weighted by Crippen LogP contribution is -2.33. The zero-order valence-corrected chi connectivity index (χ0v) is 16.3. The summed E-state index contributed by atoms with van der Waals surface area (Å²) >= 11 is 0. The van der Waals surface area contributed by atoms with Crippen molar-refractivity contribution < 1.29 is 51.2 Å². The standard InChI is InChI=1S/C9H16N3O13P3/c10-5-3-8(12-2-1-7(13)11-9(12)14)23-6(5)4-22-27(18,19)25-28(20,21)24-26(15,16)17/h1-2,5-6,8H,3-4,10H2,(H,18,19)(H,20,21)(H,11,13,14)(H2,15,16,17)/t5-,6?,8?/m1/s1. The van der Waals surface area contributed by atoms with Crippen LogP contribution in [0, 0.1) is 0 Å². The molecule has 28 heavy (non-hydrogen) atoms. The number of nitrogens with two attached hydrogens (primary N) is 1. The predicted molar refractivity (Wildman–Crippen MR) is 87.6 cm³/mol. The first-order valence-electron chi connectivity index (χ1n) is 7.18. The summed E-state index contributed by atoms with van der Waals surface area (Å²) < 4.78 is 51.5. The minimum absolute atomic E-state index is 0.0520. The van der Waals surface area contributed by atoms with Crippen molar-refractivity contribution in [2.45, 2.75) is 24.8 Å². The number of H-pyrrole nitrogens is 1. The molecule has 2 rings (SSSR count). The van der Waals surface area contributed by atoms with E-state index >= 15 is 0 Å². The van der Waals surface area contributed by atoms with Gasteiger partial charge in [0, 0.05) is 24.7 Å². The highest BCUT2D eigenvalue weighted by molar-refractivity contribution is 7.66. The van der Waals surface area contributed by atoms with Crippen molar-refractivity contribution >= 4 is 23.5 Å². The summed E-state index contributed by atoms with van der Waals surface area (Å²) in [7, 11) is -16.5. The lowest BCUT2D eigenvalue weighted by atomic mass is 10.1. The number of rotatable bonds is 8. The first-order valence-corrected chi connectivity index (χ1v) is 11.7. The number of hydrogen-bond acceptors (Lipinski definition) is 10. The predicted octanol–water partition coefficient (Wildman–Crippen LogP) is -1.51. The Morgan fingerprint density at radius 2 is 1.82 bits per heavy atom. The van der Waals surface area contributed by atoms with Crippen LogP contribution in [0.2, 0.25) is 0 Å². The Labute approximate surface area is 155 Å². The Bertz CT molecular complexity index is 968. The van der Waals surface area contributed by atoms with Crippen molar-refractivity contribution in [1.82, 2.24) is 9.55 Å². The van der Waals surface area contributed by atoms with Gasteiger partial charge in [-0.3, -0.25) is 18.9 Å². The van der Waals surface area contributed by atoms with Gasteiger partial charge in [-0.15, -0.1) is 0 Å². The van der Waals surface area contributed by atoms with Crippen LogP contribution in [0.1, 0.15) is 12.6 Å². The summed E-state index contributed by atoms with van der Waals surface area (Å²) in [5.74, 6) is 0. The zero-order chi connectivity index (χ0) is 21.3. The van der Waals surface area contributed by atoms with Crippen LogP contribution in [0.3, 0.4) is 0 Å². The Morgan fingerprint density at radius 1 is 1.18 bits per heavy atom. The molecule has 0 amide bonds. The van der Waals surface area contributed by atoms with E-state index in [9.17, 15) is 28.2 Å². The van der Waals surface area contributed by atoms with E-state index in [-0.39, 0.29) is 6.42 Å². The molecule has 0 aromatic carbocycles. The Kier molecular flexibility index (Phi) is 6.99. The van der Waals surface area contributed by atoms with Crippen molar-refractivity contribution in [2.24, 2.45) is 5.73 Å². The van der Waals surface area contributed by atoms with Gasteiger partial charge < -0.3 is 30.0 Å². The Balaban J connectivity index is 1.99. The fourth-order valence-electron chi connectivity index (χ4n) is 2.21. The summed E-state index contributed by atoms with van der Waals surface area (Å²) in [6, 6.07) is 0.256. The summed E-state index contributed by atoms with van der Waals surface area (Å²) in [5, 5.41) is 0. The molecule has 0 saturated carbocycles. The van der Waals surface area contributed by atoms with Gasteiger partial charge in [-0.05, 0) is 0 Å². The minimum atomic E-state index is -5.64. The van der Waals surface area contributed by atoms with Gasteiger partial charge >= 0.3 is 29.2 Å². The minimum Gasteiger partial charge on any atom is -0.351 e. The molecule has 1 aliphatic rings. The molecule has 4 unspecified atom stereocenters. The largest absolute Gasteiger partial charge is 0.490 e. The molecule has 1 saturated heterocycles. The van der Waals surface area contributed by atoms with E-state index in [1.165, 1.54) is 0 Å². The second-order valence-corrected chi connectivity index (χ2v) is 9.85. The second-order valence-electron chi connectivity index (χ2n) is 5.43. The molecule has 19 heteroatoms. The number of aromatic nitrogens is 2. The molecule has 0 radical (unpaired) electrons. The van der Waals surface area contributed by atoms with E-state index in [0.717, 1.165) is 16.8 Å². The number of nitrogens with one attached hydrogen (secondary N) is 1. The molecule has 0 aliphatic carbocycles. The van der Waals surface area contributed by atoms with E-state index < -0.39 is 59.7 Å². The van der Waals surface area contributed by atoms with E-state index in [1.54, 1.807) is 0 Å². The third kappa shape index (κ3) is 6.81. The molecule has 7 N–H and O–H groups in total. The Morgan fingerprint density at radius 3 is 2.39 bits per heavy atom. The molecular formula is C9H16N3O13P3. The fraction of sp³-hybridized carbons (Fsp3) is 0.556. The summed E-state index contributed by atoms with van der Waals surface area (Å²) in [6.45, 7) is -0.751. The lowest BCUT2D eigenvalue weighted by Gasteiger charge is -2.19. The van der Waals surface area contributed by atoms with Gasteiger partial charge in [-0.1, -0.05) is 0 Å². The second kappa shape index (κ2) is 8.40. The topological polar surface area (TPSA) is 250 Å². The highest BCUT2D eigenvalue weighted by atomic mass is 31.3. The normalized spacial score (nSPS) is 27.2. The van der Waals surface area contributed by atoms with E-state index in [2.05, 4.69) is 13.1 Å². The van der Waals surface area contributed by atoms with E-state index in [0.29, 0.717) is 0 Å². The Hall–Kier alpha value is -0.990. The van der Waals surface area contributed by atoms with Gasteiger partial charge in [0.1, 0.15) is 6.23 Å². The maximum atomic E-state index is 11.7. The zero-order valence-electron chi connectivity index (χ0n) is 13.6. The van der Waals surface area contributed by atoms with Crippen molar-refractivity contribution in [2.75, 3.05) is 6.61 Å². The maximum Gasteiger partial charge on any atom is 0.490 e. The van der Waals surface area contributed by atoms with Gasteiger partial charge in [0.25, 0.3) is 5.56 Å².